The van der Waals surface area contributed by atoms with E-state index in [4.69, 9.17) is 9.47 Å². The Kier molecular flexibility index (Phi) is 6.29. The summed E-state index contributed by atoms with van der Waals surface area (Å²) >= 11 is 0. The van der Waals surface area contributed by atoms with Crippen molar-refractivity contribution in [3.8, 4) is 11.4 Å². The maximum absolute atomic E-state index is 14.0. The lowest BCUT2D eigenvalue weighted by atomic mass is 10.0. The van der Waals surface area contributed by atoms with E-state index in [9.17, 15) is 13.6 Å². The Balaban J connectivity index is 1.60. The van der Waals surface area contributed by atoms with Crippen molar-refractivity contribution in [2.24, 2.45) is 17.3 Å². The molecule has 0 N–H and O–H groups in total. The molecule has 0 saturated carbocycles. The van der Waals surface area contributed by atoms with E-state index in [-0.39, 0.29) is 30.2 Å². The molecular formula is C22H22F2N6O3. The van der Waals surface area contributed by atoms with Crippen LogP contribution in [-0.2, 0) is 18.4 Å². The van der Waals surface area contributed by atoms with E-state index in [0.29, 0.717) is 30.1 Å². The van der Waals surface area contributed by atoms with Gasteiger partial charge in [-0.05, 0) is 35.0 Å². The van der Waals surface area contributed by atoms with E-state index < -0.39 is 11.6 Å². The first-order chi connectivity index (χ1) is 15.9. The second-order valence-corrected chi connectivity index (χ2v) is 7.41. The van der Waals surface area contributed by atoms with Crippen molar-refractivity contribution in [2.75, 3.05) is 6.61 Å². The fourth-order valence-electron chi connectivity index (χ4n) is 3.42. The van der Waals surface area contributed by atoms with Crippen LogP contribution in [0.25, 0.3) is 5.69 Å². The Morgan fingerprint density at radius 3 is 2.82 bits per heavy atom. The monoisotopic (exact) mass is 456 g/mol. The van der Waals surface area contributed by atoms with E-state index in [2.05, 4.69) is 20.6 Å². The van der Waals surface area contributed by atoms with Crippen molar-refractivity contribution in [2.45, 2.75) is 33.3 Å². The molecule has 2 aromatic carbocycles. The zero-order valence-electron chi connectivity index (χ0n) is 18.4. The fraction of sp³-hybridized carbons (Fsp3) is 0.318. The average Bonchev–Trinajstić information content (AvgIpc) is 3.13. The number of aryl methyl sites for hydroxylation is 2. The number of halogens is 2. The first kappa shape index (κ1) is 22.3. The molecule has 0 fully saturated rings. The normalized spacial score (nSPS) is 14.8. The van der Waals surface area contributed by atoms with Gasteiger partial charge in [0.05, 0.1) is 18.0 Å². The van der Waals surface area contributed by atoms with Crippen LogP contribution in [0.5, 0.6) is 5.75 Å². The smallest absolute Gasteiger partial charge is 0.368 e. The van der Waals surface area contributed by atoms with Crippen LogP contribution in [0.15, 0.2) is 45.3 Å². The Morgan fingerprint density at radius 2 is 2.09 bits per heavy atom. The first-order valence-corrected chi connectivity index (χ1v) is 10.3. The minimum absolute atomic E-state index is 0.0328. The summed E-state index contributed by atoms with van der Waals surface area (Å²) in [7, 11) is 1.52. The van der Waals surface area contributed by atoms with Gasteiger partial charge in [-0.25, -0.2) is 13.6 Å². The number of rotatable bonds is 5. The molecule has 0 bridgehead atoms. The molecule has 1 aliphatic heterocycles. The molecular weight excluding hydrogens is 434 g/mol. The molecule has 172 valence electrons. The number of fused-ring (bicyclic) bond motifs is 1. The number of hydrogen-bond acceptors (Lipinski definition) is 7. The van der Waals surface area contributed by atoms with Crippen molar-refractivity contribution >= 4 is 11.6 Å². The summed E-state index contributed by atoms with van der Waals surface area (Å²) in [5, 5.41) is 16.0. The van der Waals surface area contributed by atoms with Crippen LogP contribution in [0.2, 0.25) is 0 Å². The molecule has 0 unspecified atom stereocenters. The van der Waals surface area contributed by atoms with Gasteiger partial charge in [0.2, 0.25) is 5.90 Å². The maximum Gasteiger partial charge on any atom is 0.368 e. The van der Waals surface area contributed by atoms with Crippen molar-refractivity contribution in [1.82, 2.24) is 19.8 Å². The Hall–Kier alpha value is -3.89. The summed E-state index contributed by atoms with van der Waals surface area (Å²) in [4.78, 5) is 12.3. The Bertz CT molecular complexity index is 1310. The predicted molar refractivity (Wildman–Crippen MR) is 117 cm³/mol. The highest BCUT2D eigenvalue weighted by Crippen LogP contribution is 2.29. The van der Waals surface area contributed by atoms with Crippen LogP contribution < -0.4 is 10.4 Å². The number of benzene rings is 2. The largest absolute Gasteiger partial charge is 0.489 e. The lowest BCUT2D eigenvalue weighted by molar-refractivity contribution is 0.282. The zero-order chi connectivity index (χ0) is 23.5. The Morgan fingerprint density at radius 1 is 1.27 bits per heavy atom. The molecule has 2 heterocycles. The number of hydrogen-bond donors (Lipinski definition) is 0. The zero-order valence-corrected chi connectivity index (χ0v) is 18.4. The van der Waals surface area contributed by atoms with Gasteiger partial charge in [0.15, 0.2) is 11.6 Å². The van der Waals surface area contributed by atoms with Gasteiger partial charge >= 0.3 is 5.69 Å². The van der Waals surface area contributed by atoms with Crippen molar-refractivity contribution in [3.05, 3.63) is 69.1 Å². The van der Waals surface area contributed by atoms with E-state index in [1.165, 1.54) is 17.8 Å². The van der Waals surface area contributed by atoms with Crippen LogP contribution in [0, 0.1) is 18.6 Å². The van der Waals surface area contributed by atoms with Crippen LogP contribution in [0.3, 0.4) is 0 Å². The summed E-state index contributed by atoms with van der Waals surface area (Å²) in [5.74, 6) is -1.20. The van der Waals surface area contributed by atoms with Gasteiger partial charge in [-0.3, -0.25) is 0 Å². The molecule has 11 heteroatoms. The van der Waals surface area contributed by atoms with Gasteiger partial charge in [0, 0.05) is 37.1 Å². The highest BCUT2D eigenvalue weighted by Gasteiger charge is 2.22. The summed E-state index contributed by atoms with van der Waals surface area (Å²) in [6, 6.07) is 7.42. The van der Waals surface area contributed by atoms with Crippen molar-refractivity contribution in [1.29, 1.82) is 0 Å². The van der Waals surface area contributed by atoms with Gasteiger partial charge in [0.1, 0.15) is 12.4 Å². The standard InChI is InChI=1S/C22H22F2N6O3/c1-4-20(26-25-18-8-9-32-21-15(18)10-14(23)11-17(21)24)33-12-16-13(2)6-5-7-19(16)30-22(31)29(3)27-28-30/h5-7,10-11H,4,8-9,12H2,1-3H3/b25-18-,26-20-. The van der Waals surface area contributed by atoms with Crippen LogP contribution >= 0.6 is 0 Å². The topological polar surface area (TPSA) is 95.9 Å². The molecule has 1 aliphatic rings. The average molecular weight is 456 g/mol. The summed E-state index contributed by atoms with van der Waals surface area (Å²) < 4.78 is 41.3. The van der Waals surface area contributed by atoms with E-state index in [1.54, 1.807) is 6.07 Å². The lowest BCUT2D eigenvalue weighted by Gasteiger charge is -2.19. The molecule has 3 aromatic rings. The van der Waals surface area contributed by atoms with Gasteiger partial charge in [-0.15, -0.1) is 5.10 Å². The van der Waals surface area contributed by atoms with Crippen molar-refractivity contribution < 1.29 is 18.3 Å². The minimum Gasteiger partial charge on any atom is -0.489 e. The maximum atomic E-state index is 14.0. The molecule has 1 aromatic heterocycles. The number of aromatic nitrogens is 4. The minimum atomic E-state index is -0.778. The lowest BCUT2D eigenvalue weighted by Crippen LogP contribution is -2.23. The molecule has 0 radical (unpaired) electrons. The third kappa shape index (κ3) is 4.52. The van der Waals surface area contributed by atoms with E-state index in [0.717, 1.165) is 21.9 Å². The SMILES string of the molecule is CC/C(=N/N=C1/CCOc2c(F)cc(F)cc21)OCc1c(C)cccc1-n1nnn(C)c1=O. The highest BCUT2D eigenvalue weighted by molar-refractivity contribution is 6.04. The van der Waals surface area contributed by atoms with Gasteiger partial charge in [0.25, 0.3) is 0 Å². The summed E-state index contributed by atoms with van der Waals surface area (Å²) in [6.07, 6.45) is 0.790. The molecule has 9 nitrogen and oxygen atoms in total. The molecule has 0 saturated heterocycles. The summed E-state index contributed by atoms with van der Waals surface area (Å²) in [6.45, 7) is 4.08. The number of tetrazole rings is 1. The van der Waals surface area contributed by atoms with Gasteiger partial charge in [-0.1, -0.05) is 19.1 Å². The fourth-order valence-corrected chi connectivity index (χ4v) is 3.42. The quantitative estimate of drug-likeness (QED) is 0.334. The molecule has 4 rings (SSSR count). The number of nitrogens with zero attached hydrogens (tertiary/aromatic N) is 6. The third-order valence-corrected chi connectivity index (χ3v) is 5.21. The van der Waals surface area contributed by atoms with Crippen LogP contribution in [-0.4, -0.2) is 38.0 Å². The highest BCUT2D eigenvalue weighted by atomic mass is 19.1. The molecule has 0 spiro atoms. The predicted octanol–water partition coefficient (Wildman–Crippen LogP) is 3.06. The molecule has 0 amide bonds. The molecule has 0 aliphatic carbocycles. The van der Waals surface area contributed by atoms with E-state index in [1.807, 2.05) is 26.0 Å². The molecule has 33 heavy (non-hydrogen) atoms. The van der Waals surface area contributed by atoms with Gasteiger partial charge in [-0.2, -0.15) is 14.5 Å². The van der Waals surface area contributed by atoms with Crippen LogP contribution in [0.1, 0.15) is 36.5 Å². The number of ether oxygens (including phenoxy) is 2. The second kappa shape index (κ2) is 9.31. The van der Waals surface area contributed by atoms with Crippen molar-refractivity contribution in [3.63, 3.8) is 0 Å². The second-order valence-electron chi connectivity index (χ2n) is 7.41. The third-order valence-electron chi connectivity index (χ3n) is 5.21. The van der Waals surface area contributed by atoms with Crippen LogP contribution in [0.4, 0.5) is 8.78 Å². The summed E-state index contributed by atoms with van der Waals surface area (Å²) in [5.41, 5.74) is 2.47. The molecule has 0 atom stereocenters. The first-order valence-electron chi connectivity index (χ1n) is 10.3. The Labute approximate surface area is 187 Å². The van der Waals surface area contributed by atoms with Gasteiger partial charge < -0.3 is 9.47 Å². The van der Waals surface area contributed by atoms with E-state index >= 15 is 0 Å².